The van der Waals surface area contributed by atoms with Crippen LogP contribution < -0.4 is 10.6 Å². The fourth-order valence-electron chi connectivity index (χ4n) is 3.82. The Labute approximate surface area is 170 Å². The number of hydrogen-bond donors (Lipinski definition) is 3. The molecule has 1 aromatic rings. The molecule has 2 fully saturated rings. The topological polar surface area (TPSA) is 96.9 Å². The van der Waals surface area contributed by atoms with Crippen LogP contribution in [0.15, 0.2) is 24.3 Å². The predicted octanol–water partition coefficient (Wildman–Crippen LogP) is 1.40. The second-order valence-electron chi connectivity index (χ2n) is 7.61. The number of amides is 2. The molecule has 3 atom stereocenters. The van der Waals surface area contributed by atoms with Gasteiger partial charge in [0.15, 0.2) is 0 Å². The minimum absolute atomic E-state index is 0.00496. The average molecular weight is 408 g/mol. The quantitative estimate of drug-likeness (QED) is 0.634. The molecular formula is C21H29FN2O5. The summed E-state index contributed by atoms with van der Waals surface area (Å²) in [5, 5.41) is 15.5. The van der Waals surface area contributed by atoms with Crippen LogP contribution in [0.25, 0.3) is 0 Å². The van der Waals surface area contributed by atoms with Crippen LogP contribution in [-0.4, -0.2) is 61.5 Å². The van der Waals surface area contributed by atoms with Crippen molar-refractivity contribution in [2.75, 3.05) is 26.4 Å². The van der Waals surface area contributed by atoms with Gasteiger partial charge in [0.2, 0.25) is 5.91 Å². The largest absolute Gasteiger partial charge is 0.394 e. The van der Waals surface area contributed by atoms with E-state index in [1.807, 2.05) is 0 Å². The third-order valence-electron chi connectivity index (χ3n) is 5.57. The number of halogens is 1. The molecule has 0 aliphatic carbocycles. The summed E-state index contributed by atoms with van der Waals surface area (Å²) in [5.41, 5.74) is 0.403. The van der Waals surface area contributed by atoms with Crippen molar-refractivity contribution in [1.82, 2.24) is 10.6 Å². The lowest BCUT2D eigenvalue weighted by atomic mass is 9.94. The van der Waals surface area contributed by atoms with Crippen molar-refractivity contribution in [3.63, 3.8) is 0 Å². The van der Waals surface area contributed by atoms with Crippen LogP contribution >= 0.6 is 0 Å². The van der Waals surface area contributed by atoms with E-state index in [9.17, 15) is 19.1 Å². The van der Waals surface area contributed by atoms with Gasteiger partial charge in [0.25, 0.3) is 5.91 Å². The summed E-state index contributed by atoms with van der Waals surface area (Å²) in [4.78, 5) is 24.5. The molecular weight excluding hydrogens is 379 g/mol. The van der Waals surface area contributed by atoms with E-state index in [1.165, 1.54) is 24.3 Å². The van der Waals surface area contributed by atoms with Crippen LogP contribution in [0.2, 0.25) is 0 Å². The number of aliphatic hydroxyl groups excluding tert-OH is 1. The van der Waals surface area contributed by atoms with E-state index in [0.29, 0.717) is 31.7 Å². The molecule has 2 aliphatic heterocycles. The van der Waals surface area contributed by atoms with E-state index in [-0.39, 0.29) is 42.3 Å². The van der Waals surface area contributed by atoms with Gasteiger partial charge in [0.05, 0.1) is 18.8 Å². The third kappa shape index (κ3) is 6.22. The SMILES string of the molecule is O=C(NCC[C@H]1CC[C@@H](NC(=O)C2CCOCC2)[C@H](CO)O1)c1ccc(F)cc1. The number of carbonyl (C=O) groups is 2. The highest BCUT2D eigenvalue weighted by atomic mass is 19.1. The van der Waals surface area contributed by atoms with Crippen molar-refractivity contribution in [3.05, 3.63) is 35.6 Å². The fraction of sp³-hybridized carbons (Fsp3) is 0.619. The molecule has 2 saturated heterocycles. The Kier molecular flexibility index (Phi) is 7.97. The van der Waals surface area contributed by atoms with Gasteiger partial charge >= 0.3 is 0 Å². The second-order valence-corrected chi connectivity index (χ2v) is 7.61. The number of nitrogens with one attached hydrogen (secondary N) is 2. The average Bonchev–Trinajstić information content (AvgIpc) is 2.75. The maximum Gasteiger partial charge on any atom is 0.251 e. The molecule has 3 N–H and O–H groups in total. The molecule has 0 radical (unpaired) electrons. The van der Waals surface area contributed by atoms with Crippen LogP contribution in [0.1, 0.15) is 42.5 Å². The van der Waals surface area contributed by atoms with E-state index in [0.717, 1.165) is 25.7 Å². The summed E-state index contributed by atoms with van der Waals surface area (Å²) >= 11 is 0. The van der Waals surface area contributed by atoms with E-state index in [4.69, 9.17) is 9.47 Å². The number of hydrogen-bond acceptors (Lipinski definition) is 5. The Hall–Kier alpha value is -2.03. The first-order valence-electron chi connectivity index (χ1n) is 10.2. The zero-order chi connectivity index (χ0) is 20.6. The lowest BCUT2D eigenvalue weighted by molar-refractivity contribution is -0.134. The van der Waals surface area contributed by atoms with Crippen LogP contribution in [0.3, 0.4) is 0 Å². The van der Waals surface area contributed by atoms with Crippen molar-refractivity contribution < 1.29 is 28.6 Å². The first-order valence-corrected chi connectivity index (χ1v) is 10.2. The normalized spacial score (nSPS) is 25.4. The van der Waals surface area contributed by atoms with Crippen LogP contribution in [0.4, 0.5) is 4.39 Å². The van der Waals surface area contributed by atoms with Crippen molar-refractivity contribution in [2.24, 2.45) is 5.92 Å². The molecule has 160 valence electrons. The smallest absolute Gasteiger partial charge is 0.251 e. The molecule has 2 heterocycles. The van der Waals surface area contributed by atoms with Gasteiger partial charge in [0.1, 0.15) is 11.9 Å². The van der Waals surface area contributed by atoms with Gasteiger partial charge in [-0.3, -0.25) is 9.59 Å². The van der Waals surface area contributed by atoms with Crippen molar-refractivity contribution in [3.8, 4) is 0 Å². The van der Waals surface area contributed by atoms with Crippen molar-refractivity contribution in [2.45, 2.75) is 50.4 Å². The number of carbonyl (C=O) groups excluding carboxylic acids is 2. The Morgan fingerprint density at radius 3 is 2.52 bits per heavy atom. The van der Waals surface area contributed by atoms with E-state index in [2.05, 4.69) is 10.6 Å². The zero-order valence-corrected chi connectivity index (χ0v) is 16.4. The summed E-state index contributed by atoms with van der Waals surface area (Å²) in [6.45, 7) is 1.46. The minimum atomic E-state index is -0.453. The highest BCUT2D eigenvalue weighted by molar-refractivity contribution is 5.94. The molecule has 2 aliphatic rings. The molecule has 7 nitrogen and oxygen atoms in total. The summed E-state index contributed by atoms with van der Waals surface area (Å²) in [6, 6.07) is 5.17. The first kappa shape index (κ1) is 21.7. The predicted molar refractivity (Wildman–Crippen MR) is 104 cm³/mol. The Bertz CT molecular complexity index is 678. The molecule has 3 rings (SSSR count). The van der Waals surface area contributed by atoms with Crippen LogP contribution in [0.5, 0.6) is 0 Å². The summed E-state index contributed by atoms with van der Waals surface area (Å²) in [5.74, 6) is -0.681. The van der Waals surface area contributed by atoms with Gasteiger partial charge in [-0.25, -0.2) is 4.39 Å². The van der Waals surface area contributed by atoms with Crippen LogP contribution in [-0.2, 0) is 14.3 Å². The summed E-state index contributed by atoms with van der Waals surface area (Å²) in [7, 11) is 0. The second kappa shape index (κ2) is 10.7. The maximum absolute atomic E-state index is 12.9. The van der Waals surface area contributed by atoms with Gasteiger partial charge in [-0.1, -0.05) is 0 Å². The molecule has 0 unspecified atom stereocenters. The highest BCUT2D eigenvalue weighted by Crippen LogP contribution is 2.23. The molecule has 1 aromatic carbocycles. The molecule has 0 aromatic heterocycles. The summed E-state index contributed by atoms with van der Waals surface area (Å²) in [6.07, 6.45) is 2.95. The Morgan fingerprint density at radius 2 is 1.83 bits per heavy atom. The lowest BCUT2D eigenvalue weighted by Gasteiger charge is -2.37. The number of ether oxygens (including phenoxy) is 2. The third-order valence-corrected chi connectivity index (χ3v) is 5.57. The van der Waals surface area contributed by atoms with Crippen molar-refractivity contribution >= 4 is 11.8 Å². The molecule has 0 spiro atoms. The molecule has 2 amide bonds. The molecule has 0 saturated carbocycles. The van der Waals surface area contributed by atoms with Gasteiger partial charge in [-0.15, -0.1) is 0 Å². The number of benzene rings is 1. The fourth-order valence-corrected chi connectivity index (χ4v) is 3.82. The van der Waals surface area contributed by atoms with Gasteiger partial charge < -0.3 is 25.2 Å². The van der Waals surface area contributed by atoms with Gasteiger partial charge in [0, 0.05) is 31.2 Å². The summed E-state index contributed by atoms with van der Waals surface area (Å²) < 4.78 is 24.2. The van der Waals surface area contributed by atoms with Crippen LogP contribution in [0, 0.1) is 11.7 Å². The number of rotatable bonds is 7. The number of aliphatic hydroxyl groups is 1. The highest BCUT2D eigenvalue weighted by Gasteiger charge is 2.33. The molecule has 0 bridgehead atoms. The van der Waals surface area contributed by atoms with Gasteiger partial charge in [-0.05, 0) is 56.4 Å². The van der Waals surface area contributed by atoms with Crippen molar-refractivity contribution in [1.29, 1.82) is 0 Å². The first-order chi connectivity index (χ1) is 14.1. The van der Waals surface area contributed by atoms with E-state index in [1.54, 1.807) is 0 Å². The molecule has 8 heteroatoms. The Balaban J connectivity index is 1.41. The maximum atomic E-state index is 12.9. The Morgan fingerprint density at radius 1 is 1.10 bits per heavy atom. The minimum Gasteiger partial charge on any atom is -0.394 e. The van der Waals surface area contributed by atoms with Gasteiger partial charge in [-0.2, -0.15) is 0 Å². The monoisotopic (exact) mass is 408 g/mol. The van der Waals surface area contributed by atoms with E-state index >= 15 is 0 Å². The van der Waals surface area contributed by atoms with E-state index < -0.39 is 6.10 Å². The zero-order valence-electron chi connectivity index (χ0n) is 16.4. The standard InChI is InChI=1S/C21H29FN2O5/c22-16-3-1-14(2-4-16)20(26)23-10-7-17-5-6-18(19(13-25)29-17)24-21(27)15-8-11-28-12-9-15/h1-4,15,17-19,25H,5-13H2,(H,23,26)(H,24,27)/t17-,18-,19+/m1/s1. The molecule has 29 heavy (non-hydrogen) atoms. The lowest BCUT2D eigenvalue weighted by Crippen LogP contribution is -2.52.